The Labute approximate surface area is 256 Å². The molecule has 0 saturated carbocycles. The van der Waals surface area contributed by atoms with Crippen molar-refractivity contribution in [3.8, 4) is 11.1 Å². The second kappa shape index (κ2) is 9.75. The molecule has 2 aliphatic carbocycles. The summed E-state index contributed by atoms with van der Waals surface area (Å²) in [6.07, 6.45) is 1.77. The van der Waals surface area contributed by atoms with Crippen molar-refractivity contribution >= 4 is 45.5 Å². The molecule has 6 aromatic carbocycles. The molecular formula is C41H29NO2. The van der Waals surface area contributed by atoms with Crippen LogP contribution in [0.1, 0.15) is 51.3 Å². The van der Waals surface area contributed by atoms with Crippen molar-refractivity contribution in [1.29, 1.82) is 0 Å². The van der Waals surface area contributed by atoms with Gasteiger partial charge >= 0.3 is 0 Å². The van der Waals surface area contributed by atoms with Gasteiger partial charge in [-0.15, -0.1) is 0 Å². The van der Waals surface area contributed by atoms with E-state index < -0.39 is 0 Å². The van der Waals surface area contributed by atoms with E-state index in [1.807, 2.05) is 54.6 Å². The van der Waals surface area contributed by atoms with Gasteiger partial charge < -0.3 is 4.90 Å². The number of carbonyl (C=O) groups excluding carboxylic acids is 2. The van der Waals surface area contributed by atoms with Crippen molar-refractivity contribution < 1.29 is 9.59 Å². The van der Waals surface area contributed by atoms with Gasteiger partial charge in [-0.2, -0.15) is 0 Å². The van der Waals surface area contributed by atoms with Crippen molar-refractivity contribution in [3.63, 3.8) is 0 Å². The molecule has 0 spiro atoms. The molecule has 44 heavy (non-hydrogen) atoms. The molecule has 0 unspecified atom stereocenters. The van der Waals surface area contributed by atoms with Crippen LogP contribution in [-0.2, 0) is 5.41 Å². The van der Waals surface area contributed by atoms with Crippen LogP contribution in [0.25, 0.3) is 28.0 Å². The van der Waals surface area contributed by atoms with Crippen LogP contribution in [0.2, 0.25) is 0 Å². The predicted molar refractivity (Wildman–Crippen MR) is 179 cm³/mol. The van der Waals surface area contributed by atoms with E-state index in [2.05, 4.69) is 97.6 Å². The highest BCUT2D eigenvalue weighted by atomic mass is 16.2. The van der Waals surface area contributed by atoms with Crippen molar-refractivity contribution in [2.45, 2.75) is 19.3 Å². The Morgan fingerprint density at radius 1 is 0.500 bits per heavy atom. The van der Waals surface area contributed by atoms with Crippen molar-refractivity contribution in [3.05, 3.63) is 167 Å². The summed E-state index contributed by atoms with van der Waals surface area (Å²) in [5, 5.41) is 1.92. The average Bonchev–Trinajstić information content (AvgIpc) is 3.42. The first kappa shape index (κ1) is 26.1. The van der Waals surface area contributed by atoms with E-state index in [1.54, 1.807) is 6.08 Å². The number of Topliss-reactive ketones (excluding diaryl/α,β-unsaturated/α-hetero) is 2. The molecule has 6 aromatic rings. The Balaban J connectivity index is 1.18. The maximum absolute atomic E-state index is 13.4. The van der Waals surface area contributed by atoms with Crippen LogP contribution < -0.4 is 4.90 Å². The van der Waals surface area contributed by atoms with Crippen LogP contribution in [0, 0.1) is 0 Å². The van der Waals surface area contributed by atoms with Gasteiger partial charge in [-0.3, -0.25) is 9.59 Å². The quantitative estimate of drug-likeness (QED) is 0.157. The standard InChI is InChI=1S/C41H29NO2/c1-41(2)37-22-26(21-36-39(43)34-23-27-11-9-10-12-28(27)24-35(34)40(36)44)17-19-32(37)33-20-18-31(25-38(33)41)42(29-13-5-3-6-14-29)30-15-7-4-8-16-30/h3-25H,1-2H3. The molecule has 0 bridgehead atoms. The Morgan fingerprint density at radius 3 is 1.57 bits per heavy atom. The molecule has 0 radical (unpaired) electrons. The van der Waals surface area contributed by atoms with Gasteiger partial charge in [0.15, 0.2) is 11.6 Å². The first-order chi connectivity index (χ1) is 21.4. The molecule has 210 valence electrons. The zero-order chi connectivity index (χ0) is 30.0. The molecule has 8 rings (SSSR count). The largest absolute Gasteiger partial charge is 0.310 e. The number of hydrogen-bond donors (Lipinski definition) is 0. The number of carbonyl (C=O) groups is 2. The molecular weight excluding hydrogens is 538 g/mol. The highest BCUT2D eigenvalue weighted by Gasteiger charge is 2.37. The SMILES string of the molecule is CC1(C)c2cc(C=C3C(=O)c4cc5ccccc5cc4C3=O)ccc2-c2ccc(N(c3ccccc3)c3ccccc3)cc21. The summed E-state index contributed by atoms with van der Waals surface area (Å²) < 4.78 is 0. The van der Waals surface area contributed by atoms with E-state index in [0.717, 1.165) is 33.4 Å². The van der Waals surface area contributed by atoms with Gasteiger partial charge in [0.2, 0.25) is 0 Å². The van der Waals surface area contributed by atoms with Gasteiger partial charge in [0.1, 0.15) is 0 Å². The van der Waals surface area contributed by atoms with Crippen molar-refractivity contribution in [2.75, 3.05) is 4.90 Å². The van der Waals surface area contributed by atoms with Gasteiger partial charge in [0, 0.05) is 33.6 Å². The van der Waals surface area contributed by atoms with Crippen LogP contribution in [0.3, 0.4) is 0 Å². The molecule has 3 nitrogen and oxygen atoms in total. The van der Waals surface area contributed by atoms with Gasteiger partial charge in [0.25, 0.3) is 0 Å². The zero-order valence-electron chi connectivity index (χ0n) is 24.5. The van der Waals surface area contributed by atoms with Crippen molar-refractivity contribution in [1.82, 2.24) is 0 Å². The Bertz CT molecular complexity index is 2080. The lowest BCUT2D eigenvalue weighted by molar-refractivity contribution is 0.0990. The third-order valence-electron chi connectivity index (χ3n) is 9.15. The molecule has 0 heterocycles. The van der Waals surface area contributed by atoms with Crippen molar-refractivity contribution in [2.24, 2.45) is 0 Å². The molecule has 0 fully saturated rings. The maximum Gasteiger partial charge on any atom is 0.197 e. The fraction of sp³-hybridized carbons (Fsp3) is 0.0732. The average molecular weight is 568 g/mol. The lowest BCUT2D eigenvalue weighted by Gasteiger charge is -2.28. The molecule has 2 aliphatic rings. The van der Waals surface area contributed by atoms with E-state index in [9.17, 15) is 9.59 Å². The second-order valence-electron chi connectivity index (χ2n) is 12.1. The third-order valence-corrected chi connectivity index (χ3v) is 9.15. The molecule has 3 heteroatoms. The van der Waals surface area contributed by atoms with E-state index in [4.69, 9.17) is 0 Å². The molecule has 0 N–H and O–H groups in total. The predicted octanol–water partition coefficient (Wildman–Crippen LogP) is 10.1. The molecule has 0 aliphatic heterocycles. The summed E-state index contributed by atoms with van der Waals surface area (Å²) >= 11 is 0. The van der Waals surface area contributed by atoms with E-state index in [1.165, 1.54) is 22.3 Å². The highest BCUT2D eigenvalue weighted by molar-refractivity contribution is 6.42. The van der Waals surface area contributed by atoms with Crippen LogP contribution in [-0.4, -0.2) is 11.6 Å². The number of ketones is 2. The normalized spacial score (nSPS) is 14.4. The summed E-state index contributed by atoms with van der Waals surface area (Å²) in [6, 6.07) is 45.4. The number of rotatable bonds is 4. The second-order valence-corrected chi connectivity index (χ2v) is 12.1. The van der Waals surface area contributed by atoms with Crippen LogP contribution >= 0.6 is 0 Å². The molecule has 0 amide bonds. The van der Waals surface area contributed by atoms with Gasteiger partial charge in [-0.05, 0) is 93.2 Å². The first-order valence-corrected chi connectivity index (χ1v) is 14.9. The minimum Gasteiger partial charge on any atom is -0.310 e. The summed E-state index contributed by atoms with van der Waals surface area (Å²) in [4.78, 5) is 29.2. The highest BCUT2D eigenvalue weighted by Crippen LogP contribution is 2.51. The topological polar surface area (TPSA) is 37.4 Å². The molecule has 0 atom stereocenters. The number of anilines is 3. The van der Waals surface area contributed by atoms with E-state index >= 15 is 0 Å². The summed E-state index contributed by atoms with van der Waals surface area (Å²) in [7, 11) is 0. The lowest BCUT2D eigenvalue weighted by atomic mass is 9.81. The number of fused-ring (bicyclic) bond motifs is 5. The van der Waals surface area contributed by atoms with Gasteiger partial charge in [-0.25, -0.2) is 0 Å². The monoisotopic (exact) mass is 567 g/mol. The maximum atomic E-state index is 13.4. The summed E-state index contributed by atoms with van der Waals surface area (Å²) in [6.45, 7) is 4.50. The van der Waals surface area contributed by atoms with Crippen LogP contribution in [0.5, 0.6) is 0 Å². The number of hydrogen-bond acceptors (Lipinski definition) is 3. The molecule has 0 saturated heterocycles. The number of para-hydroxylation sites is 2. The summed E-state index contributed by atoms with van der Waals surface area (Å²) in [5.74, 6) is -0.407. The Kier molecular flexibility index (Phi) is 5.79. The van der Waals surface area contributed by atoms with E-state index in [0.29, 0.717) is 11.1 Å². The third kappa shape index (κ3) is 3.97. The number of benzene rings is 6. The smallest absolute Gasteiger partial charge is 0.197 e. The Morgan fingerprint density at radius 2 is 1.00 bits per heavy atom. The number of allylic oxidation sites excluding steroid dienone is 1. The molecule has 0 aromatic heterocycles. The fourth-order valence-corrected chi connectivity index (χ4v) is 6.88. The van der Waals surface area contributed by atoms with Gasteiger partial charge in [-0.1, -0.05) is 98.8 Å². The Hall–Kier alpha value is -5.54. The minimum absolute atomic E-state index is 0.203. The lowest BCUT2D eigenvalue weighted by Crippen LogP contribution is -2.16. The first-order valence-electron chi connectivity index (χ1n) is 14.9. The number of nitrogens with zero attached hydrogens (tertiary/aromatic N) is 1. The fourth-order valence-electron chi connectivity index (χ4n) is 6.88. The van der Waals surface area contributed by atoms with Crippen LogP contribution in [0.4, 0.5) is 17.1 Å². The van der Waals surface area contributed by atoms with Crippen LogP contribution in [0.15, 0.2) is 139 Å². The van der Waals surface area contributed by atoms with Gasteiger partial charge in [0.05, 0.1) is 5.57 Å². The minimum atomic E-state index is -0.279. The summed E-state index contributed by atoms with van der Waals surface area (Å²) in [5.41, 5.74) is 9.90. The van der Waals surface area contributed by atoms with E-state index in [-0.39, 0.29) is 22.6 Å². The zero-order valence-corrected chi connectivity index (χ0v) is 24.5.